The number of hydrogen-bond acceptors (Lipinski definition) is 2. The summed E-state index contributed by atoms with van der Waals surface area (Å²) in [5.41, 5.74) is 0. The first kappa shape index (κ1) is 30.7. The molecule has 0 aromatic rings. The molecule has 0 rings (SSSR count). The first-order valence-corrected chi connectivity index (χ1v) is 12.2. The maximum Gasteiger partial charge on any atom is 0.458 e. The maximum absolute atomic E-state index is 13.2. The van der Waals surface area contributed by atoms with E-state index in [2.05, 4.69) is 9.47 Å². The van der Waals surface area contributed by atoms with Gasteiger partial charge in [-0.2, -0.15) is 61.5 Å². The molecular formula is C12H12Cl2F14O2Si. The van der Waals surface area contributed by atoms with Gasteiger partial charge in [-0.3, -0.25) is 0 Å². The van der Waals surface area contributed by atoms with Crippen LogP contribution in [0, 0.1) is 0 Å². The highest BCUT2D eigenvalue weighted by atomic mass is 35.7. The summed E-state index contributed by atoms with van der Waals surface area (Å²) in [6, 6.07) is -1.16. The van der Waals surface area contributed by atoms with Crippen molar-refractivity contribution in [3.63, 3.8) is 0 Å². The number of halogens is 16. The zero-order valence-corrected chi connectivity index (χ0v) is 17.1. The van der Waals surface area contributed by atoms with Gasteiger partial charge in [-0.25, -0.2) is 0 Å². The van der Waals surface area contributed by atoms with Crippen molar-refractivity contribution >= 4 is 28.9 Å². The molecule has 0 bridgehead atoms. The topological polar surface area (TPSA) is 18.5 Å². The highest BCUT2D eigenvalue weighted by Crippen LogP contribution is 2.48. The summed E-state index contributed by atoms with van der Waals surface area (Å²) in [5, 5.41) is 0. The van der Waals surface area contributed by atoms with Crippen LogP contribution in [-0.4, -0.2) is 56.3 Å². The van der Waals surface area contributed by atoms with Gasteiger partial charge in [-0.15, -0.1) is 22.2 Å². The van der Waals surface area contributed by atoms with Crippen molar-refractivity contribution in [2.24, 2.45) is 0 Å². The molecule has 19 heteroatoms. The van der Waals surface area contributed by atoms with Gasteiger partial charge < -0.3 is 9.47 Å². The van der Waals surface area contributed by atoms with Crippen molar-refractivity contribution < 1.29 is 70.9 Å². The van der Waals surface area contributed by atoms with Gasteiger partial charge in [0, 0.05) is 0 Å². The van der Waals surface area contributed by atoms with E-state index in [9.17, 15) is 61.5 Å². The molecule has 0 unspecified atom stereocenters. The van der Waals surface area contributed by atoms with E-state index >= 15 is 0 Å². The van der Waals surface area contributed by atoms with E-state index in [4.69, 9.17) is 22.2 Å². The summed E-state index contributed by atoms with van der Waals surface area (Å²) in [5.74, 6) is -12.0. The molecule has 31 heavy (non-hydrogen) atoms. The van der Waals surface area contributed by atoms with Gasteiger partial charge >= 0.3 is 36.4 Å². The Hall–Kier alpha value is -0.263. The molecule has 2 nitrogen and oxygen atoms in total. The predicted octanol–water partition coefficient (Wildman–Crippen LogP) is 7.30. The van der Waals surface area contributed by atoms with Gasteiger partial charge in [0.1, 0.15) is 0 Å². The summed E-state index contributed by atoms with van der Waals surface area (Å²) in [6.07, 6.45) is -27.4. The molecule has 0 aliphatic heterocycles. The lowest BCUT2D eigenvalue weighted by Gasteiger charge is -2.30. The van der Waals surface area contributed by atoms with Crippen LogP contribution in [0.15, 0.2) is 0 Å². The highest BCUT2D eigenvalue weighted by molar-refractivity contribution is 7.45. The van der Waals surface area contributed by atoms with Gasteiger partial charge in [0.15, 0.2) is 0 Å². The molecule has 0 aliphatic carbocycles. The molecule has 0 heterocycles. The van der Waals surface area contributed by atoms with E-state index in [0.717, 1.165) is 0 Å². The Morgan fingerprint density at radius 3 is 0.903 bits per heavy atom. The Labute approximate surface area is 175 Å². The Balaban J connectivity index is 4.69. The zero-order valence-electron chi connectivity index (χ0n) is 14.6. The van der Waals surface area contributed by atoms with Crippen LogP contribution in [0.2, 0.25) is 12.1 Å². The molecule has 0 N–H and O–H groups in total. The van der Waals surface area contributed by atoms with Crippen molar-refractivity contribution in [3.8, 4) is 0 Å². The van der Waals surface area contributed by atoms with Gasteiger partial charge in [0.2, 0.25) is 0 Å². The second kappa shape index (κ2) is 9.93. The summed E-state index contributed by atoms with van der Waals surface area (Å²) in [7, 11) is 0. The Bertz CT molecular complexity index is 496. The fraction of sp³-hybridized carbons (Fsp3) is 1.00. The van der Waals surface area contributed by atoms with Crippen LogP contribution < -0.4 is 0 Å². The molecule has 0 fully saturated rings. The lowest BCUT2D eigenvalue weighted by molar-refractivity contribution is -0.430. The van der Waals surface area contributed by atoms with E-state index in [1.165, 1.54) is 0 Å². The number of alkyl halides is 14. The molecule has 0 aromatic heterocycles. The Morgan fingerprint density at radius 1 is 0.484 bits per heavy atom. The van der Waals surface area contributed by atoms with E-state index in [0.29, 0.717) is 0 Å². The second-order valence-corrected chi connectivity index (χ2v) is 13.6. The molecule has 0 atom stereocenters. The Kier molecular flexibility index (Phi) is 9.84. The minimum absolute atomic E-state index is 0.582. The molecule has 0 aromatic carbocycles. The third kappa shape index (κ3) is 7.92. The first-order chi connectivity index (χ1) is 13.4. The molecule has 0 spiro atoms. The lowest BCUT2D eigenvalue weighted by Crippen LogP contribution is -2.55. The summed E-state index contributed by atoms with van der Waals surface area (Å²) in [6.45, 7) is -6.62. The third-order valence-corrected chi connectivity index (χ3v) is 7.87. The minimum Gasteiger partial charge on any atom is -0.332 e. The van der Waals surface area contributed by atoms with Gasteiger partial charge in [-0.1, -0.05) is 0 Å². The molecular weight excluding hydrogens is 541 g/mol. The van der Waals surface area contributed by atoms with Crippen molar-refractivity contribution in [2.45, 2.75) is 61.3 Å². The van der Waals surface area contributed by atoms with Gasteiger partial charge in [0.25, 0.3) is 6.69 Å². The predicted molar refractivity (Wildman–Crippen MR) is 80.1 cm³/mol. The molecule has 0 aliphatic rings. The van der Waals surface area contributed by atoms with E-state index in [-0.39, 0.29) is 0 Å². The molecule has 0 amide bonds. The molecule has 0 saturated heterocycles. The maximum atomic E-state index is 13.2. The first-order valence-electron chi connectivity index (χ1n) is 7.72. The van der Waals surface area contributed by atoms with Crippen LogP contribution in [-0.2, 0) is 9.47 Å². The number of ether oxygens (including phenoxy) is 2. The van der Waals surface area contributed by atoms with E-state index < -0.39 is 81.3 Å². The summed E-state index contributed by atoms with van der Waals surface area (Å²) >= 11 is 11.4. The van der Waals surface area contributed by atoms with Crippen LogP contribution in [0.25, 0.3) is 0 Å². The number of rotatable bonds is 10. The number of hydrogen-bond donors (Lipinski definition) is 0. The average Bonchev–Trinajstić information content (AvgIpc) is 2.50. The molecule has 188 valence electrons. The standard InChI is InChI=1S/C12H12Cl2F14O2Si/c13-31(14,5-1-3-29-7(15,9(17,18)19)10(20,21)22)6-2-4-30-8(16,11(23,24)25)12(26,27)28/h1-6H2. The van der Waals surface area contributed by atoms with Crippen LogP contribution in [0.4, 0.5) is 61.5 Å². The molecule has 0 saturated carbocycles. The van der Waals surface area contributed by atoms with Crippen molar-refractivity contribution in [2.75, 3.05) is 13.2 Å². The normalized spacial score (nSPS) is 15.5. The largest absolute Gasteiger partial charge is 0.458 e. The van der Waals surface area contributed by atoms with Crippen molar-refractivity contribution in [1.29, 1.82) is 0 Å². The van der Waals surface area contributed by atoms with Gasteiger partial charge in [0.05, 0.1) is 13.2 Å². The van der Waals surface area contributed by atoms with Crippen LogP contribution in [0.5, 0.6) is 0 Å². The quantitative estimate of drug-likeness (QED) is 0.122. The van der Waals surface area contributed by atoms with Crippen LogP contribution in [0.1, 0.15) is 12.8 Å². The fourth-order valence-corrected chi connectivity index (χ4v) is 5.04. The third-order valence-electron chi connectivity index (χ3n) is 3.43. The van der Waals surface area contributed by atoms with Crippen LogP contribution in [0.3, 0.4) is 0 Å². The summed E-state index contributed by atoms with van der Waals surface area (Å²) < 4.78 is 180. The van der Waals surface area contributed by atoms with Crippen LogP contribution >= 0.6 is 22.2 Å². The van der Waals surface area contributed by atoms with E-state index in [1.807, 2.05) is 0 Å². The van der Waals surface area contributed by atoms with Crippen molar-refractivity contribution in [3.05, 3.63) is 0 Å². The fourth-order valence-electron chi connectivity index (χ4n) is 1.86. The van der Waals surface area contributed by atoms with Gasteiger partial charge in [-0.05, 0) is 24.9 Å². The SMILES string of the molecule is FC(F)(F)C(F)(OCCC[Si](Cl)(Cl)CCCOC(F)(C(F)(F)F)C(F)(F)F)C(F)(F)F. The smallest absolute Gasteiger partial charge is 0.332 e. The highest BCUT2D eigenvalue weighted by Gasteiger charge is 2.75. The minimum atomic E-state index is -6.46. The summed E-state index contributed by atoms with van der Waals surface area (Å²) in [4.78, 5) is 0. The lowest BCUT2D eigenvalue weighted by atomic mass is 10.3. The zero-order chi connectivity index (χ0) is 25.2. The Morgan fingerprint density at radius 2 is 0.710 bits per heavy atom. The monoisotopic (exact) mass is 552 g/mol. The second-order valence-electron chi connectivity index (χ2n) is 5.94. The van der Waals surface area contributed by atoms with E-state index in [1.54, 1.807) is 0 Å². The molecule has 0 radical (unpaired) electrons. The van der Waals surface area contributed by atoms with Crippen molar-refractivity contribution in [1.82, 2.24) is 0 Å². The average molecular weight is 553 g/mol.